The largest absolute Gasteiger partial charge is 0.462 e. The number of likely N-dealkylation sites (tertiary alicyclic amines) is 1. The first-order valence-electron chi connectivity index (χ1n) is 6.65. The standard InChI is InChI=1S/C13H26NO2/c1-3-4-5-8-11-16-13(15)12-14(2)9-6-7-10-14/h3-12H2,1-2H3/q+1. The second-order valence-corrected chi connectivity index (χ2v) is 5.21. The molecule has 0 spiro atoms. The van der Waals surface area contributed by atoms with Crippen LogP contribution in [0.4, 0.5) is 0 Å². The van der Waals surface area contributed by atoms with Crippen LogP contribution in [0.2, 0.25) is 0 Å². The average molecular weight is 228 g/mol. The molecule has 16 heavy (non-hydrogen) atoms. The number of hydrogen-bond donors (Lipinski definition) is 0. The molecule has 0 atom stereocenters. The number of quaternary nitrogens is 1. The molecule has 0 unspecified atom stereocenters. The Bertz CT molecular complexity index is 210. The summed E-state index contributed by atoms with van der Waals surface area (Å²) in [5, 5.41) is 0. The van der Waals surface area contributed by atoms with Crippen LogP contribution < -0.4 is 0 Å². The van der Waals surface area contributed by atoms with Gasteiger partial charge in [-0.1, -0.05) is 26.2 Å². The molecule has 94 valence electrons. The van der Waals surface area contributed by atoms with Crippen molar-refractivity contribution in [1.82, 2.24) is 0 Å². The maximum Gasteiger partial charge on any atom is 0.361 e. The van der Waals surface area contributed by atoms with Gasteiger partial charge < -0.3 is 9.22 Å². The highest BCUT2D eigenvalue weighted by molar-refractivity contribution is 5.70. The molecule has 3 nitrogen and oxygen atoms in total. The molecule has 0 aromatic carbocycles. The summed E-state index contributed by atoms with van der Waals surface area (Å²) in [5.41, 5.74) is 0. The summed E-state index contributed by atoms with van der Waals surface area (Å²) in [4.78, 5) is 11.6. The Kier molecular flexibility index (Phi) is 5.81. The van der Waals surface area contributed by atoms with Crippen LogP contribution in [0.5, 0.6) is 0 Å². The molecular formula is C13H26NO2+. The van der Waals surface area contributed by atoms with Gasteiger partial charge in [0.1, 0.15) is 0 Å². The molecule has 0 amide bonds. The number of unbranched alkanes of at least 4 members (excludes halogenated alkanes) is 3. The lowest BCUT2D eigenvalue weighted by molar-refractivity contribution is -0.890. The third-order valence-corrected chi connectivity index (χ3v) is 3.42. The van der Waals surface area contributed by atoms with E-state index >= 15 is 0 Å². The zero-order valence-electron chi connectivity index (χ0n) is 10.8. The lowest BCUT2D eigenvalue weighted by atomic mass is 10.2. The molecule has 1 aliphatic heterocycles. The van der Waals surface area contributed by atoms with Gasteiger partial charge in [-0.15, -0.1) is 0 Å². The van der Waals surface area contributed by atoms with Gasteiger partial charge in [-0.25, -0.2) is 4.79 Å². The van der Waals surface area contributed by atoms with Gasteiger partial charge in [0.05, 0.1) is 26.7 Å². The predicted molar refractivity (Wildman–Crippen MR) is 65.1 cm³/mol. The molecule has 0 N–H and O–H groups in total. The number of hydrogen-bond acceptors (Lipinski definition) is 2. The van der Waals surface area contributed by atoms with E-state index in [2.05, 4.69) is 14.0 Å². The topological polar surface area (TPSA) is 26.3 Å². The molecule has 0 radical (unpaired) electrons. The third-order valence-electron chi connectivity index (χ3n) is 3.42. The van der Waals surface area contributed by atoms with Crippen molar-refractivity contribution in [2.24, 2.45) is 0 Å². The quantitative estimate of drug-likeness (QED) is 0.380. The van der Waals surface area contributed by atoms with Gasteiger partial charge in [-0.2, -0.15) is 0 Å². The number of esters is 1. The van der Waals surface area contributed by atoms with Crippen LogP contribution in [0.15, 0.2) is 0 Å². The van der Waals surface area contributed by atoms with E-state index in [1.165, 1.54) is 32.1 Å². The molecule has 3 heteroatoms. The molecule has 0 saturated carbocycles. The average Bonchev–Trinajstić information content (AvgIpc) is 2.64. The molecule has 0 bridgehead atoms. The number of likely N-dealkylation sites (N-methyl/N-ethyl adjacent to an activating group) is 1. The van der Waals surface area contributed by atoms with E-state index in [0.717, 1.165) is 24.0 Å². The first-order valence-corrected chi connectivity index (χ1v) is 6.65. The molecule has 1 rings (SSSR count). The lowest BCUT2D eigenvalue weighted by Gasteiger charge is -2.27. The Hall–Kier alpha value is -0.570. The Morgan fingerprint density at radius 2 is 1.88 bits per heavy atom. The van der Waals surface area contributed by atoms with Gasteiger partial charge in [0.2, 0.25) is 0 Å². The number of carbonyl (C=O) groups is 1. The summed E-state index contributed by atoms with van der Waals surface area (Å²) in [6, 6.07) is 0. The van der Waals surface area contributed by atoms with Gasteiger partial charge >= 0.3 is 5.97 Å². The van der Waals surface area contributed by atoms with Crippen LogP contribution in [0.25, 0.3) is 0 Å². The Labute approximate surface area is 99.4 Å². The first kappa shape index (κ1) is 13.5. The van der Waals surface area contributed by atoms with Crippen LogP contribution in [0, 0.1) is 0 Å². The third kappa shape index (κ3) is 4.97. The van der Waals surface area contributed by atoms with Crippen molar-refractivity contribution in [2.75, 3.05) is 33.3 Å². The van der Waals surface area contributed by atoms with Gasteiger partial charge in [-0.05, 0) is 6.42 Å². The smallest absolute Gasteiger partial charge is 0.361 e. The number of rotatable bonds is 7. The minimum absolute atomic E-state index is 0.0131. The SMILES string of the molecule is CCCCCCOC(=O)C[N+]1(C)CCCC1. The molecule has 1 saturated heterocycles. The van der Waals surface area contributed by atoms with Gasteiger partial charge in [0.15, 0.2) is 6.54 Å². The second-order valence-electron chi connectivity index (χ2n) is 5.21. The van der Waals surface area contributed by atoms with E-state index in [4.69, 9.17) is 4.74 Å². The second kappa shape index (κ2) is 6.89. The summed E-state index contributed by atoms with van der Waals surface area (Å²) >= 11 is 0. The maximum absolute atomic E-state index is 11.6. The zero-order chi connectivity index (χ0) is 11.9. The molecule has 0 aromatic rings. The lowest BCUT2D eigenvalue weighted by Crippen LogP contribution is -2.45. The van der Waals surface area contributed by atoms with E-state index in [-0.39, 0.29) is 5.97 Å². The number of carbonyl (C=O) groups excluding carboxylic acids is 1. The summed E-state index contributed by atoms with van der Waals surface area (Å²) in [7, 11) is 2.16. The summed E-state index contributed by atoms with van der Waals surface area (Å²) in [6.45, 7) is 5.62. The minimum atomic E-state index is -0.0131. The van der Waals surface area contributed by atoms with Gasteiger partial charge in [-0.3, -0.25) is 0 Å². The summed E-state index contributed by atoms with van der Waals surface area (Å²) in [5.74, 6) is -0.0131. The van der Waals surface area contributed by atoms with Gasteiger partial charge in [0.25, 0.3) is 0 Å². The highest BCUT2D eigenvalue weighted by atomic mass is 16.5. The van der Waals surface area contributed by atoms with Crippen LogP contribution in [0.3, 0.4) is 0 Å². The number of ether oxygens (including phenoxy) is 1. The van der Waals surface area contributed by atoms with E-state index in [1.807, 2.05) is 0 Å². The predicted octanol–water partition coefficient (Wildman–Crippen LogP) is 2.35. The molecule has 0 aliphatic carbocycles. The Balaban J connectivity index is 2.06. The van der Waals surface area contributed by atoms with E-state index < -0.39 is 0 Å². The highest BCUT2D eigenvalue weighted by Crippen LogP contribution is 2.15. The van der Waals surface area contributed by atoms with Crippen LogP contribution in [0.1, 0.15) is 45.4 Å². The van der Waals surface area contributed by atoms with Crippen molar-refractivity contribution in [3.63, 3.8) is 0 Å². The van der Waals surface area contributed by atoms with Crippen molar-refractivity contribution in [2.45, 2.75) is 45.4 Å². The van der Waals surface area contributed by atoms with E-state index in [1.54, 1.807) is 0 Å². The maximum atomic E-state index is 11.6. The summed E-state index contributed by atoms with van der Waals surface area (Å²) in [6.07, 6.45) is 7.16. The monoisotopic (exact) mass is 228 g/mol. The summed E-state index contributed by atoms with van der Waals surface area (Å²) < 4.78 is 6.14. The minimum Gasteiger partial charge on any atom is -0.462 e. The molecule has 1 aliphatic rings. The van der Waals surface area contributed by atoms with Crippen LogP contribution in [-0.4, -0.2) is 43.7 Å². The molecule has 1 heterocycles. The van der Waals surface area contributed by atoms with Crippen molar-refractivity contribution in [3.8, 4) is 0 Å². The van der Waals surface area contributed by atoms with Crippen molar-refractivity contribution >= 4 is 5.97 Å². The normalized spacial score (nSPS) is 18.6. The molecule has 0 aromatic heterocycles. The van der Waals surface area contributed by atoms with Gasteiger partial charge in [0, 0.05) is 12.8 Å². The fourth-order valence-electron chi connectivity index (χ4n) is 2.33. The fraction of sp³-hybridized carbons (Fsp3) is 0.923. The Morgan fingerprint density at radius 3 is 2.50 bits per heavy atom. The van der Waals surface area contributed by atoms with Crippen LogP contribution in [-0.2, 0) is 9.53 Å². The van der Waals surface area contributed by atoms with Crippen LogP contribution >= 0.6 is 0 Å². The van der Waals surface area contributed by atoms with Crippen molar-refractivity contribution < 1.29 is 14.0 Å². The first-order chi connectivity index (χ1) is 7.66. The number of nitrogens with zero attached hydrogens (tertiary/aromatic N) is 1. The highest BCUT2D eigenvalue weighted by Gasteiger charge is 2.30. The Morgan fingerprint density at radius 1 is 1.19 bits per heavy atom. The van der Waals surface area contributed by atoms with E-state index in [0.29, 0.717) is 13.2 Å². The van der Waals surface area contributed by atoms with Crippen molar-refractivity contribution in [3.05, 3.63) is 0 Å². The molecular weight excluding hydrogens is 202 g/mol. The van der Waals surface area contributed by atoms with E-state index in [9.17, 15) is 4.79 Å². The van der Waals surface area contributed by atoms with Crippen molar-refractivity contribution in [1.29, 1.82) is 0 Å². The molecule has 1 fully saturated rings. The zero-order valence-corrected chi connectivity index (χ0v) is 10.8. The fourth-order valence-corrected chi connectivity index (χ4v) is 2.33.